The minimum Gasteiger partial charge on any atom is -0.399 e. The highest BCUT2D eigenvalue weighted by Crippen LogP contribution is 2.15. The lowest BCUT2D eigenvalue weighted by molar-refractivity contribution is 0.371. The highest BCUT2D eigenvalue weighted by atomic mass is 15.3. The molecule has 5 nitrogen and oxygen atoms in total. The first kappa shape index (κ1) is 10.5. The van der Waals surface area contributed by atoms with Crippen LogP contribution >= 0.6 is 0 Å². The van der Waals surface area contributed by atoms with Gasteiger partial charge in [0.05, 0.1) is 0 Å². The molecule has 0 amide bonds. The van der Waals surface area contributed by atoms with Gasteiger partial charge in [-0.15, -0.1) is 0 Å². The van der Waals surface area contributed by atoms with Crippen LogP contribution in [0.2, 0.25) is 0 Å². The van der Waals surface area contributed by atoms with Gasteiger partial charge in [0, 0.05) is 24.4 Å². The summed E-state index contributed by atoms with van der Waals surface area (Å²) in [4.78, 5) is 4.51. The summed E-state index contributed by atoms with van der Waals surface area (Å²) in [5.41, 5.74) is 7.30. The van der Waals surface area contributed by atoms with E-state index >= 15 is 0 Å². The average molecular weight is 231 g/mol. The molecule has 1 fully saturated rings. The molecule has 0 aromatic carbocycles. The summed E-state index contributed by atoms with van der Waals surface area (Å²) in [6.45, 7) is 2.23. The average Bonchev–Trinajstić information content (AvgIpc) is 2.71. The molecular formula is C12H17N5. The molecule has 0 bridgehead atoms. The number of piperidine rings is 1. The molecule has 90 valence electrons. The molecule has 17 heavy (non-hydrogen) atoms. The zero-order valence-corrected chi connectivity index (χ0v) is 9.76. The Morgan fingerprint density at radius 3 is 3.29 bits per heavy atom. The van der Waals surface area contributed by atoms with Crippen LogP contribution in [0.15, 0.2) is 18.3 Å². The first-order valence-corrected chi connectivity index (χ1v) is 6.13. The maximum Gasteiger partial charge on any atom is 0.157 e. The Balaban J connectivity index is 1.80. The largest absolute Gasteiger partial charge is 0.399 e. The number of nitrogens with two attached hydrogens (primary N) is 1. The third-order valence-corrected chi connectivity index (χ3v) is 3.28. The summed E-state index contributed by atoms with van der Waals surface area (Å²) in [5.74, 6) is 1.59. The van der Waals surface area contributed by atoms with Gasteiger partial charge in [0.1, 0.15) is 0 Å². The highest BCUT2D eigenvalue weighted by molar-refractivity contribution is 5.50. The zero-order valence-electron chi connectivity index (χ0n) is 9.76. The van der Waals surface area contributed by atoms with Crippen LogP contribution in [0.25, 0.3) is 5.65 Å². The van der Waals surface area contributed by atoms with Crippen molar-refractivity contribution in [3.05, 3.63) is 24.2 Å². The monoisotopic (exact) mass is 231 g/mol. The van der Waals surface area contributed by atoms with E-state index in [9.17, 15) is 0 Å². The van der Waals surface area contributed by atoms with Crippen LogP contribution in [0.1, 0.15) is 18.7 Å². The number of anilines is 1. The predicted molar refractivity (Wildman–Crippen MR) is 66.7 cm³/mol. The molecule has 2 aromatic rings. The van der Waals surface area contributed by atoms with Gasteiger partial charge >= 0.3 is 0 Å². The topological polar surface area (TPSA) is 68.2 Å². The third-order valence-electron chi connectivity index (χ3n) is 3.28. The van der Waals surface area contributed by atoms with Crippen molar-refractivity contribution < 1.29 is 0 Å². The van der Waals surface area contributed by atoms with Crippen LogP contribution in [-0.2, 0) is 6.42 Å². The summed E-state index contributed by atoms with van der Waals surface area (Å²) in [5, 5.41) is 7.89. The quantitative estimate of drug-likeness (QED) is 0.804. The number of nitrogens with zero attached hydrogens (tertiary/aromatic N) is 3. The first-order valence-electron chi connectivity index (χ1n) is 6.13. The van der Waals surface area contributed by atoms with E-state index in [0.717, 1.165) is 36.7 Å². The second-order valence-electron chi connectivity index (χ2n) is 4.71. The van der Waals surface area contributed by atoms with Crippen molar-refractivity contribution in [1.29, 1.82) is 0 Å². The SMILES string of the molecule is Nc1ccn2nc(CC3CCCNC3)nc2c1. The highest BCUT2D eigenvalue weighted by Gasteiger charge is 2.16. The Morgan fingerprint density at radius 2 is 2.47 bits per heavy atom. The standard InChI is InChI=1S/C12H17N5/c13-10-3-5-17-12(7-10)15-11(16-17)6-9-2-1-4-14-8-9/h3,5,7,9,14H,1-2,4,6,8,13H2. The van der Waals surface area contributed by atoms with Crippen LogP contribution in [-0.4, -0.2) is 27.7 Å². The van der Waals surface area contributed by atoms with Gasteiger partial charge in [-0.05, 0) is 37.9 Å². The number of hydrogen-bond acceptors (Lipinski definition) is 4. The van der Waals surface area contributed by atoms with Crippen molar-refractivity contribution in [2.75, 3.05) is 18.8 Å². The maximum atomic E-state index is 5.73. The van der Waals surface area contributed by atoms with E-state index in [0.29, 0.717) is 5.92 Å². The summed E-state index contributed by atoms with van der Waals surface area (Å²) >= 11 is 0. The molecule has 0 aliphatic carbocycles. The molecular weight excluding hydrogens is 214 g/mol. The second-order valence-corrected chi connectivity index (χ2v) is 4.71. The van der Waals surface area contributed by atoms with E-state index < -0.39 is 0 Å². The summed E-state index contributed by atoms with van der Waals surface area (Å²) < 4.78 is 1.79. The van der Waals surface area contributed by atoms with Gasteiger partial charge < -0.3 is 11.1 Å². The second kappa shape index (κ2) is 4.33. The number of nitrogen functional groups attached to an aromatic ring is 1. The van der Waals surface area contributed by atoms with Crippen LogP contribution in [0.5, 0.6) is 0 Å². The van der Waals surface area contributed by atoms with Gasteiger partial charge in [-0.1, -0.05) is 0 Å². The lowest BCUT2D eigenvalue weighted by atomic mass is 9.96. The minimum atomic E-state index is 0.665. The van der Waals surface area contributed by atoms with Crippen molar-refractivity contribution in [1.82, 2.24) is 19.9 Å². The van der Waals surface area contributed by atoms with Gasteiger partial charge in [-0.25, -0.2) is 9.50 Å². The van der Waals surface area contributed by atoms with Crippen LogP contribution in [0.3, 0.4) is 0 Å². The maximum absolute atomic E-state index is 5.73. The van der Waals surface area contributed by atoms with E-state index in [2.05, 4.69) is 15.4 Å². The summed E-state index contributed by atoms with van der Waals surface area (Å²) in [6, 6.07) is 3.70. The Kier molecular flexibility index (Phi) is 2.68. The Bertz CT molecular complexity index is 513. The van der Waals surface area contributed by atoms with Gasteiger partial charge in [0.2, 0.25) is 0 Å². The number of nitrogens with one attached hydrogen (secondary N) is 1. The molecule has 5 heteroatoms. The van der Waals surface area contributed by atoms with Gasteiger partial charge in [0.25, 0.3) is 0 Å². The van der Waals surface area contributed by atoms with Gasteiger partial charge in [0.15, 0.2) is 11.5 Å². The molecule has 1 saturated heterocycles. The molecule has 1 unspecified atom stereocenters. The minimum absolute atomic E-state index is 0.665. The van der Waals surface area contributed by atoms with Crippen LogP contribution in [0.4, 0.5) is 5.69 Å². The summed E-state index contributed by atoms with van der Waals surface area (Å²) in [7, 11) is 0. The van der Waals surface area contributed by atoms with Crippen molar-refractivity contribution >= 4 is 11.3 Å². The molecule has 1 aliphatic rings. The van der Waals surface area contributed by atoms with Gasteiger partial charge in [-0.2, -0.15) is 5.10 Å². The lowest BCUT2D eigenvalue weighted by Gasteiger charge is -2.21. The Morgan fingerprint density at radius 1 is 1.53 bits per heavy atom. The first-order chi connectivity index (χ1) is 8.31. The Hall–Kier alpha value is -1.62. The van der Waals surface area contributed by atoms with E-state index in [1.54, 1.807) is 4.52 Å². The molecule has 1 aliphatic heterocycles. The molecule has 3 N–H and O–H groups in total. The van der Waals surface area contributed by atoms with Crippen molar-refractivity contribution in [3.8, 4) is 0 Å². The van der Waals surface area contributed by atoms with E-state index in [4.69, 9.17) is 5.73 Å². The van der Waals surface area contributed by atoms with E-state index in [1.807, 2.05) is 18.3 Å². The molecule has 3 heterocycles. The smallest absolute Gasteiger partial charge is 0.157 e. The number of pyridine rings is 1. The molecule has 0 radical (unpaired) electrons. The molecule has 0 saturated carbocycles. The Labute approximate surface area is 100 Å². The number of aromatic nitrogens is 3. The fraction of sp³-hybridized carbons (Fsp3) is 0.500. The number of hydrogen-bond donors (Lipinski definition) is 2. The van der Waals surface area contributed by atoms with Crippen molar-refractivity contribution in [3.63, 3.8) is 0 Å². The normalized spacial score (nSPS) is 20.8. The fourth-order valence-electron chi connectivity index (χ4n) is 2.39. The summed E-state index contributed by atoms with van der Waals surface area (Å²) in [6.07, 6.45) is 5.34. The number of rotatable bonds is 2. The van der Waals surface area contributed by atoms with E-state index in [1.165, 1.54) is 12.8 Å². The molecule has 2 aromatic heterocycles. The lowest BCUT2D eigenvalue weighted by Crippen LogP contribution is -2.31. The molecule has 0 spiro atoms. The predicted octanol–water partition coefficient (Wildman–Crippen LogP) is 0.854. The third kappa shape index (κ3) is 2.24. The van der Waals surface area contributed by atoms with Crippen molar-refractivity contribution in [2.24, 2.45) is 5.92 Å². The molecule has 3 rings (SSSR count). The van der Waals surface area contributed by atoms with Crippen LogP contribution in [0, 0.1) is 5.92 Å². The van der Waals surface area contributed by atoms with Gasteiger partial charge in [-0.3, -0.25) is 0 Å². The number of fused-ring (bicyclic) bond motifs is 1. The zero-order chi connectivity index (χ0) is 11.7. The van der Waals surface area contributed by atoms with E-state index in [-0.39, 0.29) is 0 Å². The van der Waals surface area contributed by atoms with Crippen LogP contribution < -0.4 is 11.1 Å². The molecule has 1 atom stereocenters. The fourth-order valence-corrected chi connectivity index (χ4v) is 2.39. The van der Waals surface area contributed by atoms with Crippen molar-refractivity contribution in [2.45, 2.75) is 19.3 Å².